The number of aliphatic hydroxyl groups is 2. The first-order valence-electron chi connectivity index (χ1n) is 30.2. The molecule has 8 saturated carbocycles. The summed E-state index contributed by atoms with van der Waals surface area (Å²) < 4.78 is 62.3. The van der Waals surface area contributed by atoms with Gasteiger partial charge in [-0.3, -0.25) is 28.3 Å². The Morgan fingerprint density at radius 3 is 1.41 bits per heavy atom. The molecule has 0 heterocycles. The van der Waals surface area contributed by atoms with E-state index < -0.39 is 26.0 Å². The van der Waals surface area contributed by atoms with Gasteiger partial charge >= 0.3 is 0 Å². The molecule has 0 aromatic carbocycles. The number of rotatable bonds is 21. The third-order valence-corrected chi connectivity index (χ3v) is 25.6. The topological polar surface area (TPSA) is 230 Å². The molecule has 430 valence electrons. The zero-order valence-electron chi connectivity index (χ0n) is 47.1. The summed E-state index contributed by atoms with van der Waals surface area (Å²) in [5.41, 5.74) is 0.493. The lowest BCUT2D eigenvalue weighted by Gasteiger charge is -2.62. The van der Waals surface area contributed by atoms with E-state index in [1.165, 1.54) is 0 Å². The van der Waals surface area contributed by atoms with Gasteiger partial charge in [0.15, 0.2) is 0 Å². The van der Waals surface area contributed by atoms with E-state index in [9.17, 15) is 46.2 Å². The van der Waals surface area contributed by atoms with Crippen LogP contribution < -0.4 is 5.32 Å². The van der Waals surface area contributed by atoms with Crippen LogP contribution in [0.1, 0.15) is 208 Å². The molecule has 0 saturated heterocycles. The van der Waals surface area contributed by atoms with Gasteiger partial charge in [-0.25, -0.2) is 0 Å². The Morgan fingerprint density at radius 2 is 0.961 bits per heavy atom. The molecule has 0 bridgehead atoms. The van der Waals surface area contributed by atoms with Crippen molar-refractivity contribution >= 4 is 43.5 Å². The molecule has 15 heteroatoms. The number of hydrogen-bond donors (Lipinski definition) is 5. The van der Waals surface area contributed by atoms with Crippen LogP contribution in [-0.4, -0.2) is 89.7 Å². The molecule has 8 aliphatic rings. The molecule has 8 rings (SSSR count). The fourth-order valence-electron chi connectivity index (χ4n) is 20.2. The van der Waals surface area contributed by atoms with Crippen molar-refractivity contribution in [3.8, 4) is 11.8 Å². The Morgan fingerprint density at radius 1 is 0.539 bits per heavy atom. The molecule has 5 N–H and O–H groups in total. The van der Waals surface area contributed by atoms with Crippen molar-refractivity contribution in [3.05, 3.63) is 0 Å². The summed E-state index contributed by atoms with van der Waals surface area (Å²) in [6.07, 6.45) is 19.7. The first-order chi connectivity index (χ1) is 35.6. The average molecular weight is 1100 g/mol. The summed E-state index contributed by atoms with van der Waals surface area (Å²) in [4.78, 5) is 51.9. The summed E-state index contributed by atoms with van der Waals surface area (Å²) in [5.74, 6) is 10.7. The van der Waals surface area contributed by atoms with Crippen molar-refractivity contribution in [2.75, 3.05) is 18.1 Å². The van der Waals surface area contributed by atoms with Crippen LogP contribution in [0, 0.1) is 116 Å². The lowest BCUT2D eigenvalue weighted by atomic mass is 9.43. The van der Waals surface area contributed by atoms with E-state index in [-0.39, 0.29) is 119 Å². The van der Waals surface area contributed by atoms with Gasteiger partial charge in [-0.15, -0.1) is 0 Å². The van der Waals surface area contributed by atoms with E-state index in [1.807, 2.05) is 0 Å². The number of nitrogens with one attached hydrogen (secondary N) is 1. The summed E-state index contributed by atoms with van der Waals surface area (Å²) in [6, 6.07) is 0. The van der Waals surface area contributed by atoms with Gasteiger partial charge in [0.25, 0.3) is 20.2 Å². The minimum absolute atomic E-state index is 0.0555. The summed E-state index contributed by atoms with van der Waals surface area (Å²) in [7, 11) is -8.18. The molecule has 0 spiro atoms. The monoisotopic (exact) mass is 1100 g/mol. The van der Waals surface area contributed by atoms with Crippen molar-refractivity contribution in [2.45, 2.75) is 221 Å². The number of hydrogen-bond acceptors (Lipinski definition) is 10. The third kappa shape index (κ3) is 12.9. The largest absolute Gasteiger partial charge is 0.393 e. The van der Waals surface area contributed by atoms with E-state index in [2.05, 4.69) is 58.7 Å². The molecule has 20 atom stereocenters. The van der Waals surface area contributed by atoms with E-state index in [0.717, 1.165) is 116 Å². The Kier molecular flexibility index (Phi) is 18.7. The number of amides is 1. The molecule has 0 aromatic heterocycles. The molecule has 1 amide bonds. The second kappa shape index (κ2) is 23.7. The molecule has 0 radical (unpaired) electrons. The minimum Gasteiger partial charge on any atom is -0.393 e. The van der Waals surface area contributed by atoms with Crippen LogP contribution in [0.3, 0.4) is 0 Å². The lowest BCUT2D eigenvalue weighted by Crippen LogP contribution is -2.58. The van der Waals surface area contributed by atoms with Crippen LogP contribution in [0.15, 0.2) is 0 Å². The van der Waals surface area contributed by atoms with Gasteiger partial charge in [0.1, 0.15) is 17.3 Å². The maximum Gasteiger partial charge on any atom is 0.266 e. The van der Waals surface area contributed by atoms with E-state index in [0.29, 0.717) is 84.9 Å². The predicted octanol–water partition coefficient (Wildman–Crippen LogP) is 10.3. The molecular formula is C61H97NO12S2. The van der Waals surface area contributed by atoms with Crippen molar-refractivity contribution in [1.82, 2.24) is 5.32 Å². The third-order valence-electron chi connectivity index (χ3n) is 24.1. The minimum atomic E-state index is -4.12. The molecule has 76 heavy (non-hydrogen) atoms. The van der Waals surface area contributed by atoms with E-state index in [1.54, 1.807) is 0 Å². The number of Topliss-reactive ketones (excluding diaryl/α,β-unsaturated/α-hetero) is 3. The highest BCUT2D eigenvalue weighted by atomic mass is 32.2. The first-order valence-corrected chi connectivity index (χ1v) is 33.4. The van der Waals surface area contributed by atoms with Gasteiger partial charge in [0.2, 0.25) is 5.91 Å². The molecule has 8 fully saturated rings. The van der Waals surface area contributed by atoms with Crippen molar-refractivity contribution in [2.24, 2.45) is 105 Å². The highest BCUT2D eigenvalue weighted by Gasteiger charge is 2.65. The predicted molar refractivity (Wildman–Crippen MR) is 293 cm³/mol. The standard InChI is InChI=1S/C61H97NO12S2/c1-38(13-15-44(63)12-9-30-75(69,70)71)47-16-18-49-56-51(23-27-60(47,49)5)58(3)25-21-40(32-42(58)36-53(56)66)34-45(64)10-7-8-11-46(65)35-41-22-26-59(4)43(33-41)37-54(67)57-50-19-17-48(61(50,6)28-24-52(57)59)39(2)14-20-55(68)62-29-31-76(72,73)74/h38-43,47-54,56-57,66-67H,9-37H2,1-6H3,(H,62,68)(H,69,70,71)(H,72,73,74)/t38-,39-,40+,41-,42?,43?,47+,48+,49-,50+,51-,52+,53-,54+,56-,57+,58-,59+,60+,61-/m0/s1. The fourth-order valence-corrected chi connectivity index (χ4v) is 21.1. The van der Waals surface area contributed by atoms with Crippen LogP contribution in [0.25, 0.3) is 0 Å². The second-order valence-corrected chi connectivity index (χ2v) is 31.3. The van der Waals surface area contributed by atoms with Crippen LogP contribution in [0.5, 0.6) is 0 Å². The molecule has 2 unspecified atom stereocenters. The van der Waals surface area contributed by atoms with Gasteiger partial charge in [0.05, 0.1) is 36.6 Å². The summed E-state index contributed by atoms with van der Waals surface area (Å²) in [5, 5.41) is 26.6. The Bertz CT molecular complexity index is 2250. The Hall–Kier alpha value is -2.22. The first kappa shape index (κ1) is 59.9. The Labute approximate surface area is 457 Å². The molecule has 8 aliphatic carbocycles. The summed E-state index contributed by atoms with van der Waals surface area (Å²) >= 11 is 0. The fraction of sp³-hybridized carbons (Fsp3) is 0.902. The smallest absolute Gasteiger partial charge is 0.266 e. The molecule has 0 aliphatic heterocycles. The number of carbonyl (C=O) groups is 4. The van der Waals surface area contributed by atoms with Gasteiger partial charge in [0, 0.05) is 38.6 Å². The normalized spacial score (nSPS) is 41.6. The van der Waals surface area contributed by atoms with Crippen molar-refractivity contribution in [1.29, 1.82) is 0 Å². The number of fused-ring (bicyclic) bond motifs is 10. The number of carbonyl (C=O) groups excluding carboxylic acids is 4. The van der Waals surface area contributed by atoms with Gasteiger partial charge in [-0.2, -0.15) is 16.8 Å². The zero-order chi connectivity index (χ0) is 55.2. The zero-order valence-corrected chi connectivity index (χ0v) is 48.7. The van der Waals surface area contributed by atoms with Gasteiger partial charge in [-0.05, 0) is 227 Å². The van der Waals surface area contributed by atoms with Crippen molar-refractivity contribution < 1.29 is 55.3 Å². The summed E-state index contributed by atoms with van der Waals surface area (Å²) in [6.45, 7) is 14.2. The van der Waals surface area contributed by atoms with Crippen LogP contribution >= 0.6 is 0 Å². The molecular weight excluding hydrogens is 1000 g/mol. The van der Waals surface area contributed by atoms with Crippen LogP contribution in [0.4, 0.5) is 0 Å². The maximum atomic E-state index is 13.4. The highest BCUT2D eigenvalue weighted by Crippen LogP contribution is 2.71. The van der Waals surface area contributed by atoms with Crippen molar-refractivity contribution in [3.63, 3.8) is 0 Å². The lowest BCUT2D eigenvalue weighted by molar-refractivity contribution is -0.170. The second-order valence-electron chi connectivity index (χ2n) is 28.1. The molecule has 13 nitrogen and oxygen atoms in total. The number of ketones is 3. The van der Waals surface area contributed by atoms with Crippen LogP contribution in [-0.2, 0) is 39.4 Å². The average Bonchev–Trinajstić information content (AvgIpc) is 3.88. The Balaban J connectivity index is 0.752. The van der Waals surface area contributed by atoms with E-state index >= 15 is 0 Å². The van der Waals surface area contributed by atoms with Gasteiger partial charge < -0.3 is 15.5 Å². The SMILES string of the molecule is C[C@@H](CCC(=O)NCCS(=O)(=O)O)[C@H]1CC[C@@H]2[C@H]3[C@H](O)CC4C[C@@H](CC(=O)CC#CCC(=O)C[C@@H]5CC[C@@]6(C)C(C5)C[C@H](O)[C@H]5[C@@H]7CC[C@H]([C@@H](C)CCC(=O)CCCS(=O)(=O)O)[C@@]7(C)CC[C@@H]56)CC[C@@]4(C)[C@@H]3CC[C@]21C. The van der Waals surface area contributed by atoms with Gasteiger partial charge in [-0.1, -0.05) is 53.4 Å². The molecule has 0 aromatic rings. The quantitative estimate of drug-likeness (QED) is 0.0534. The number of aliphatic hydroxyl groups excluding tert-OH is 2. The van der Waals surface area contributed by atoms with E-state index in [4.69, 9.17) is 9.11 Å². The maximum absolute atomic E-state index is 13.4. The highest BCUT2D eigenvalue weighted by molar-refractivity contribution is 7.86. The van der Waals surface area contributed by atoms with Crippen LogP contribution in [0.2, 0.25) is 0 Å².